The van der Waals surface area contributed by atoms with E-state index in [2.05, 4.69) is 20.8 Å². The fourth-order valence-electron chi connectivity index (χ4n) is 7.34. The first-order chi connectivity index (χ1) is 20.7. The van der Waals surface area contributed by atoms with E-state index in [1.54, 1.807) is 9.80 Å². The molecular weight excluding hydrogens is 565 g/mol. The van der Waals surface area contributed by atoms with Crippen molar-refractivity contribution in [1.82, 2.24) is 24.5 Å². The van der Waals surface area contributed by atoms with Gasteiger partial charge in [0.05, 0.1) is 25.2 Å². The van der Waals surface area contributed by atoms with Crippen LogP contribution >= 0.6 is 0 Å². The lowest BCUT2D eigenvalue weighted by Crippen LogP contribution is -2.62. The molecule has 0 radical (unpaired) electrons. The normalized spacial score (nSPS) is 26.7. The van der Waals surface area contributed by atoms with Crippen LogP contribution in [0.5, 0.6) is 0 Å². The zero-order chi connectivity index (χ0) is 30.5. The van der Waals surface area contributed by atoms with Gasteiger partial charge in [-0.2, -0.15) is 18.4 Å². The Bertz CT molecular complexity index is 973. The molecule has 5 aliphatic rings. The number of piperazine rings is 1. The summed E-state index contributed by atoms with van der Waals surface area (Å²) in [7, 11) is 0. The first-order valence-corrected chi connectivity index (χ1v) is 16.1. The Morgan fingerprint density at radius 2 is 1.40 bits per heavy atom. The third-order valence-corrected chi connectivity index (χ3v) is 10.3. The van der Waals surface area contributed by atoms with Crippen LogP contribution in [0.15, 0.2) is 0 Å². The molecule has 2 amide bonds. The summed E-state index contributed by atoms with van der Waals surface area (Å²) < 4.78 is 50.7. The van der Waals surface area contributed by atoms with Gasteiger partial charge in [-0.05, 0) is 44.4 Å². The molecule has 0 bridgehead atoms. The van der Waals surface area contributed by atoms with Crippen molar-refractivity contribution in [3.63, 3.8) is 0 Å². The summed E-state index contributed by atoms with van der Waals surface area (Å²) in [5.41, 5.74) is -1.01. The maximum atomic E-state index is 13.8. The molecule has 5 rings (SSSR count). The molecule has 0 aromatic rings. The van der Waals surface area contributed by atoms with E-state index in [1.807, 2.05) is 0 Å². The number of rotatable bonds is 7. The Hall–Kier alpha value is -1.98. The number of alkyl halides is 3. The first kappa shape index (κ1) is 32.4. The summed E-state index contributed by atoms with van der Waals surface area (Å²) in [6.45, 7) is 9.19. The second-order valence-corrected chi connectivity index (χ2v) is 12.9. The molecule has 0 N–H and O–H groups in total. The summed E-state index contributed by atoms with van der Waals surface area (Å²) in [5.74, 6) is -0.982. The molecule has 5 saturated heterocycles. The minimum atomic E-state index is -4.23. The van der Waals surface area contributed by atoms with Crippen molar-refractivity contribution >= 4 is 11.8 Å². The zero-order valence-electron chi connectivity index (χ0n) is 25.2. The van der Waals surface area contributed by atoms with Crippen molar-refractivity contribution in [2.75, 3.05) is 105 Å². The largest absolute Gasteiger partial charge is 0.391 e. The van der Waals surface area contributed by atoms with Gasteiger partial charge in [0.15, 0.2) is 0 Å². The van der Waals surface area contributed by atoms with Crippen LogP contribution < -0.4 is 0 Å². The SMILES string of the molecule is N#CC1(C(=O)N2CCN([C@@H](CN3CCOCC3)C(=O)N3CCC(C(F)(F)F)CC3)CC2)CCN(CC2CCOCC2)CC1. The topological polar surface area (TPSA) is 92.6 Å². The first-order valence-electron chi connectivity index (χ1n) is 16.1. The summed E-state index contributed by atoms with van der Waals surface area (Å²) in [5, 5.41) is 10.2. The summed E-state index contributed by atoms with van der Waals surface area (Å²) in [6.07, 6.45) is -1.19. The van der Waals surface area contributed by atoms with Crippen molar-refractivity contribution < 1.29 is 32.2 Å². The molecule has 0 unspecified atom stereocenters. The van der Waals surface area contributed by atoms with Crippen molar-refractivity contribution in [3.05, 3.63) is 0 Å². The Kier molecular flexibility index (Phi) is 10.9. The number of carbonyl (C=O) groups excluding carboxylic acids is 2. The second kappa shape index (κ2) is 14.4. The van der Waals surface area contributed by atoms with Gasteiger partial charge in [-0.15, -0.1) is 0 Å². The lowest BCUT2D eigenvalue weighted by atomic mass is 9.78. The van der Waals surface area contributed by atoms with E-state index in [0.717, 1.165) is 45.7 Å². The van der Waals surface area contributed by atoms with E-state index in [4.69, 9.17) is 9.47 Å². The van der Waals surface area contributed by atoms with Crippen molar-refractivity contribution in [1.29, 1.82) is 5.26 Å². The van der Waals surface area contributed by atoms with Crippen LogP contribution in [-0.4, -0.2) is 153 Å². The van der Waals surface area contributed by atoms with E-state index < -0.39 is 23.6 Å². The monoisotopic (exact) mass is 612 g/mol. The molecule has 0 spiro atoms. The highest BCUT2D eigenvalue weighted by Gasteiger charge is 2.46. The molecule has 0 aliphatic carbocycles. The van der Waals surface area contributed by atoms with Crippen LogP contribution in [0.3, 0.4) is 0 Å². The van der Waals surface area contributed by atoms with Gasteiger partial charge in [0.1, 0.15) is 11.5 Å². The number of nitrogens with zero attached hydrogens (tertiary/aromatic N) is 6. The van der Waals surface area contributed by atoms with Crippen LogP contribution in [-0.2, 0) is 19.1 Å². The molecule has 242 valence electrons. The van der Waals surface area contributed by atoms with Crippen LogP contribution in [0.1, 0.15) is 38.5 Å². The predicted molar refractivity (Wildman–Crippen MR) is 152 cm³/mol. The molecule has 5 heterocycles. The molecule has 5 aliphatic heterocycles. The maximum Gasteiger partial charge on any atom is 0.391 e. The molecule has 0 aromatic heterocycles. The van der Waals surface area contributed by atoms with Crippen LogP contribution in [0.4, 0.5) is 13.2 Å². The Morgan fingerprint density at radius 3 is 1.98 bits per heavy atom. The van der Waals surface area contributed by atoms with Gasteiger partial charge in [-0.3, -0.25) is 19.4 Å². The van der Waals surface area contributed by atoms with E-state index in [9.17, 15) is 28.0 Å². The summed E-state index contributed by atoms with van der Waals surface area (Å²) in [6, 6.07) is 1.90. The molecule has 0 saturated carbocycles. The highest BCUT2D eigenvalue weighted by molar-refractivity contribution is 5.86. The van der Waals surface area contributed by atoms with Gasteiger partial charge in [-0.1, -0.05) is 0 Å². The third kappa shape index (κ3) is 8.00. The lowest BCUT2D eigenvalue weighted by molar-refractivity contribution is -0.187. The third-order valence-electron chi connectivity index (χ3n) is 10.3. The van der Waals surface area contributed by atoms with Gasteiger partial charge in [0.2, 0.25) is 11.8 Å². The molecule has 5 fully saturated rings. The maximum absolute atomic E-state index is 13.8. The number of carbonyl (C=O) groups is 2. The number of ether oxygens (including phenoxy) is 2. The standard InChI is InChI=1S/C30H47F3N6O4/c31-30(32,33)25-1-7-38(8-2-25)27(40)26(22-36-15-19-43-20-16-36)37-11-13-39(14-12-37)28(41)29(23-34)5-9-35(10-6-29)21-24-3-17-42-18-4-24/h24-26H,1-22H2/t26-/m0/s1. The number of likely N-dealkylation sites (tertiary alicyclic amines) is 2. The minimum Gasteiger partial charge on any atom is -0.381 e. The zero-order valence-corrected chi connectivity index (χ0v) is 25.2. The molecule has 43 heavy (non-hydrogen) atoms. The van der Waals surface area contributed by atoms with Crippen molar-refractivity contribution in [3.8, 4) is 6.07 Å². The molecule has 10 nitrogen and oxygen atoms in total. The van der Waals surface area contributed by atoms with Gasteiger partial charge in [0.25, 0.3) is 0 Å². The number of nitriles is 1. The van der Waals surface area contributed by atoms with E-state index in [0.29, 0.717) is 77.8 Å². The number of amides is 2. The van der Waals surface area contributed by atoms with Gasteiger partial charge in [-0.25, -0.2) is 0 Å². The van der Waals surface area contributed by atoms with Gasteiger partial charge in [0, 0.05) is 91.8 Å². The average Bonchev–Trinajstić information content (AvgIpc) is 3.04. The Balaban J connectivity index is 1.17. The highest BCUT2D eigenvalue weighted by Crippen LogP contribution is 2.36. The number of hydrogen-bond acceptors (Lipinski definition) is 8. The Morgan fingerprint density at radius 1 is 0.791 bits per heavy atom. The van der Waals surface area contributed by atoms with Gasteiger partial charge >= 0.3 is 6.18 Å². The fraction of sp³-hybridized carbons (Fsp3) is 0.900. The number of hydrogen-bond donors (Lipinski definition) is 0. The van der Waals surface area contributed by atoms with Crippen molar-refractivity contribution in [2.45, 2.75) is 50.7 Å². The molecular formula is C30H47F3N6O4. The van der Waals surface area contributed by atoms with E-state index in [1.165, 1.54) is 0 Å². The quantitative estimate of drug-likeness (QED) is 0.429. The summed E-state index contributed by atoms with van der Waals surface area (Å²) in [4.78, 5) is 37.6. The summed E-state index contributed by atoms with van der Waals surface area (Å²) >= 11 is 0. The minimum absolute atomic E-state index is 0.0649. The molecule has 0 aromatic carbocycles. The highest BCUT2D eigenvalue weighted by atomic mass is 19.4. The number of morpholine rings is 1. The number of piperidine rings is 2. The fourth-order valence-corrected chi connectivity index (χ4v) is 7.34. The van der Waals surface area contributed by atoms with Crippen LogP contribution in [0.25, 0.3) is 0 Å². The van der Waals surface area contributed by atoms with Crippen LogP contribution in [0.2, 0.25) is 0 Å². The molecule has 1 atom stereocenters. The Labute approximate surface area is 253 Å². The second-order valence-electron chi connectivity index (χ2n) is 12.9. The predicted octanol–water partition coefficient (Wildman–Crippen LogP) is 1.66. The average molecular weight is 613 g/mol. The number of halogens is 3. The van der Waals surface area contributed by atoms with Crippen molar-refractivity contribution in [2.24, 2.45) is 17.3 Å². The van der Waals surface area contributed by atoms with E-state index in [-0.39, 0.29) is 37.7 Å². The molecule has 13 heteroatoms. The smallest absolute Gasteiger partial charge is 0.381 e. The van der Waals surface area contributed by atoms with Gasteiger partial charge < -0.3 is 24.2 Å². The lowest BCUT2D eigenvalue weighted by Gasteiger charge is -2.45. The van der Waals surface area contributed by atoms with Crippen LogP contribution in [0, 0.1) is 28.6 Å². The van der Waals surface area contributed by atoms with E-state index >= 15 is 0 Å².